The lowest BCUT2D eigenvalue weighted by Gasteiger charge is -2.24. The van der Waals surface area contributed by atoms with Crippen molar-refractivity contribution in [2.45, 2.75) is 20.8 Å². The second-order valence-corrected chi connectivity index (χ2v) is 5.37. The Bertz CT molecular complexity index is 506. The van der Waals surface area contributed by atoms with E-state index in [1.807, 2.05) is 5.38 Å². The van der Waals surface area contributed by atoms with Crippen LogP contribution in [0.4, 0.5) is 11.8 Å². The summed E-state index contributed by atoms with van der Waals surface area (Å²) in [7, 11) is 0. The number of hydrogen-bond donors (Lipinski definition) is 1. The number of hydrogen-bond acceptors (Lipinski definition) is 5. The molecule has 0 aromatic carbocycles. The van der Waals surface area contributed by atoms with Crippen LogP contribution in [-0.2, 0) is 0 Å². The van der Waals surface area contributed by atoms with E-state index < -0.39 is 0 Å². The maximum absolute atomic E-state index is 5.76. The lowest BCUT2D eigenvalue weighted by atomic mass is 10.2. The molecule has 4 nitrogen and oxygen atoms in total. The van der Waals surface area contributed by atoms with E-state index in [1.165, 1.54) is 0 Å². The van der Waals surface area contributed by atoms with E-state index in [2.05, 4.69) is 41.7 Å². The second kappa shape index (κ2) is 4.87. The molecule has 0 radical (unpaired) electrons. The first kappa shape index (κ1) is 12.1. The summed E-state index contributed by atoms with van der Waals surface area (Å²) in [5.41, 5.74) is 5.76. The number of aromatic nitrogens is 2. The Hall–Kier alpha value is -1.36. The molecule has 2 aromatic rings. The average molecular weight is 250 g/mol. The first-order valence-electron chi connectivity index (χ1n) is 5.87. The van der Waals surface area contributed by atoms with E-state index in [9.17, 15) is 0 Å². The van der Waals surface area contributed by atoms with Gasteiger partial charge in [0.15, 0.2) is 0 Å². The van der Waals surface area contributed by atoms with E-state index in [0.29, 0.717) is 11.9 Å². The van der Waals surface area contributed by atoms with E-state index in [4.69, 9.17) is 5.73 Å². The van der Waals surface area contributed by atoms with Crippen LogP contribution >= 0.6 is 11.3 Å². The third kappa shape index (κ3) is 2.49. The number of nitrogen functional groups attached to an aromatic ring is 1. The molecular formula is C12H18N4S. The summed E-state index contributed by atoms with van der Waals surface area (Å²) in [6, 6.07) is 2.07. The van der Waals surface area contributed by atoms with Gasteiger partial charge in [0, 0.05) is 13.1 Å². The monoisotopic (exact) mass is 250 g/mol. The Kier molecular flexibility index (Phi) is 3.47. The van der Waals surface area contributed by atoms with E-state index >= 15 is 0 Å². The summed E-state index contributed by atoms with van der Waals surface area (Å²) < 4.78 is 0. The van der Waals surface area contributed by atoms with Crippen LogP contribution in [0.15, 0.2) is 11.4 Å². The Morgan fingerprint density at radius 2 is 2.18 bits per heavy atom. The maximum Gasteiger partial charge on any atom is 0.223 e. The largest absolute Gasteiger partial charge is 0.368 e. The quantitative estimate of drug-likeness (QED) is 0.906. The zero-order valence-electron chi connectivity index (χ0n) is 10.5. The van der Waals surface area contributed by atoms with Gasteiger partial charge in [0.25, 0.3) is 0 Å². The molecular weight excluding hydrogens is 232 g/mol. The molecule has 0 atom stereocenters. The van der Waals surface area contributed by atoms with Gasteiger partial charge in [-0.1, -0.05) is 13.8 Å². The fourth-order valence-electron chi connectivity index (χ4n) is 1.90. The molecule has 0 amide bonds. The van der Waals surface area contributed by atoms with Gasteiger partial charge in [0.1, 0.15) is 10.6 Å². The molecule has 0 fully saturated rings. The molecule has 2 N–H and O–H groups in total. The summed E-state index contributed by atoms with van der Waals surface area (Å²) in [6.45, 7) is 8.46. The van der Waals surface area contributed by atoms with Crippen molar-refractivity contribution in [3.8, 4) is 0 Å². The molecule has 2 rings (SSSR count). The van der Waals surface area contributed by atoms with Crippen LogP contribution in [-0.4, -0.2) is 23.1 Å². The molecule has 0 aliphatic rings. The van der Waals surface area contributed by atoms with Crippen molar-refractivity contribution >= 4 is 33.3 Å². The summed E-state index contributed by atoms with van der Waals surface area (Å²) in [5.74, 6) is 1.92. The van der Waals surface area contributed by atoms with Crippen molar-refractivity contribution in [2.24, 2.45) is 5.92 Å². The van der Waals surface area contributed by atoms with Crippen LogP contribution < -0.4 is 10.6 Å². The molecule has 5 heteroatoms. The van der Waals surface area contributed by atoms with Crippen molar-refractivity contribution in [1.82, 2.24) is 9.97 Å². The molecule has 0 aliphatic carbocycles. The highest BCUT2D eigenvalue weighted by atomic mass is 32.1. The third-order valence-corrected chi connectivity index (χ3v) is 3.40. The molecule has 0 saturated carbocycles. The summed E-state index contributed by atoms with van der Waals surface area (Å²) in [6.07, 6.45) is 0. The minimum Gasteiger partial charge on any atom is -0.368 e. The normalized spacial score (nSPS) is 11.3. The number of nitrogens with two attached hydrogens (primary N) is 1. The third-order valence-electron chi connectivity index (χ3n) is 2.59. The fourth-order valence-corrected chi connectivity index (χ4v) is 2.67. The zero-order valence-corrected chi connectivity index (χ0v) is 11.3. The van der Waals surface area contributed by atoms with Gasteiger partial charge in [-0.25, -0.2) is 4.98 Å². The lowest BCUT2D eigenvalue weighted by molar-refractivity contribution is 0.616. The predicted molar refractivity (Wildman–Crippen MR) is 74.6 cm³/mol. The van der Waals surface area contributed by atoms with Crippen molar-refractivity contribution in [1.29, 1.82) is 0 Å². The van der Waals surface area contributed by atoms with Gasteiger partial charge >= 0.3 is 0 Å². The number of fused-ring (bicyclic) bond motifs is 1. The van der Waals surface area contributed by atoms with Crippen molar-refractivity contribution in [3.05, 3.63) is 11.4 Å². The van der Waals surface area contributed by atoms with Gasteiger partial charge in [0.05, 0.1) is 5.39 Å². The average Bonchev–Trinajstić information content (AvgIpc) is 2.72. The highest BCUT2D eigenvalue weighted by molar-refractivity contribution is 7.16. The number of anilines is 2. The minimum absolute atomic E-state index is 0.358. The number of thiophene rings is 1. The highest BCUT2D eigenvalue weighted by Crippen LogP contribution is 2.28. The van der Waals surface area contributed by atoms with Crippen LogP contribution in [0.5, 0.6) is 0 Å². The van der Waals surface area contributed by atoms with E-state index in [1.54, 1.807) is 11.3 Å². The van der Waals surface area contributed by atoms with Gasteiger partial charge < -0.3 is 10.6 Å². The molecule has 2 heterocycles. The molecule has 0 spiro atoms. The molecule has 0 bridgehead atoms. The highest BCUT2D eigenvalue weighted by Gasteiger charge is 2.14. The van der Waals surface area contributed by atoms with Crippen LogP contribution in [0.1, 0.15) is 20.8 Å². The van der Waals surface area contributed by atoms with Crippen LogP contribution in [0.25, 0.3) is 10.2 Å². The molecule has 2 aromatic heterocycles. The SMILES string of the molecule is CCN(CC(C)C)c1nc(N)nc2sccc12. The molecule has 0 unspecified atom stereocenters. The fraction of sp³-hybridized carbons (Fsp3) is 0.500. The Balaban J connectivity index is 2.47. The number of nitrogens with zero attached hydrogens (tertiary/aromatic N) is 3. The van der Waals surface area contributed by atoms with E-state index in [-0.39, 0.29) is 0 Å². The summed E-state index contributed by atoms with van der Waals surface area (Å²) in [5, 5.41) is 3.14. The Morgan fingerprint density at radius 1 is 1.41 bits per heavy atom. The molecule has 0 saturated heterocycles. The predicted octanol–water partition coefficient (Wildman–Crippen LogP) is 2.76. The molecule has 0 aliphatic heterocycles. The van der Waals surface area contributed by atoms with Crippen molar-refractivity contribution in [2.75, 3.05) is 23.7 Å². The first-order chi connectivity index (χ1) is 8.11. The van der Waals surface area contributed by atoms with Crippen molar-refractivity contribution in [3.63, 3.8) is 0 Å². The topological polar surface area (TPSA) is 55.0 Å². The van der Waals surface area contributed by atoms with Crippen LogP contribution in [0, 0.1) is 5.92 Å². The standard InChI is InChI=1S/C12H18N4S/c1-4-16(7-8(2)3)10-9-5-6-17-11(9)15-12(13)14-10/h5-6,8H,4,7H2,1-3H3,(H2,13,14,15). The Morgan fingerprint density at radius 3 is 2.82 bits per heavy atom. The lowest BCUT2D eigenvalue weighted by Crippen LogP contribution is -2.28. The zero-order chi connectivity index (χ0) is 12.4. The molecule has 92 valence electrons. The van der Waals surface area contributed by atoms with Gasteiger partial charge in [-0.3, -0.25) is 0 Å². The van der Waals surface area contributed by atoms with Gasteiger partial charge in [-0.2, -0.15) is 4.98 Å². The molecule has 17 heavy (non-hydrogen) atoms. The minimum atomic E-state index is 0.358. The Labute approximate surface area is 105 Å². The van der Waals surface area contributed by atoms with Gasteiger partial charge in [-0.15, -0.1) is 11.3 Å². The van der Waals surface area contributed by atoms with Gasteiger partial charge in [0.2, 0.25) is 5.95 Å². The summed E-state index contributed by atoms with van der Waals surface area (Å²) >= 11 is 1.60. The van der Waals surface area contributed by atoms with Crippen LogP contribution in [0.2, 0.25) is 0 Å². The smallest absolute Gasteiger partial charge is 0.223 e. The van der Waals surface area contributed by atoms with Crippen molar-refractivity contribution < 1.29 is 0 Å². The second-order valence-electron chi connectivity index (χ2n) is 4.48. The summed E-state index contributed by atoms with van der Waals surface area (Å²) in [4.78, 5) is 11.9. The first-order valence-corrected chi connectivity index (χ1v) is 6.75. The maximum atomic E-state index is 5.76. The van der Waals surface area contributed by atoms with Crippen LogP contribution in [0.3, 0.4) is 0 Å². The van der Waals surface area contributed by atoms with Gasteiger partial charge in [-0.05, 0) is 24.3 Å². The number of rotatable bonds is 4. The van der Waals surface area contributed by atoms with E-state index in [0.717, 1.165) is 29.1 Å².